The van der Waals surface area contributed by atoms with E-state index in [-0.39, 0.29) is 24.2 Å². The fourth-order valence-corrected chi connectivity index (χ4v) is 4.51. The van der Waals surface area contributed by atoms with E-state index in [1.165, 1.54) is 30.0 Å². The molecule has 3 aromatic rings. The zero-order chi connectivity index (χ0) is 22.2. The molecule has 3 rings (SSSR count). The Labute approximate surface area is 189 Å². The molecule has 0 bridgehead atoms. The summed E-state index contributed by atoms with van der Waals surface area (Å²) in [4.78, 5) is 37.1. The first-order chi connectivity index (χ1) is 15.0. The summed E-state index contributed by atoms with van der Waals surface area (Å²) in [6.45, 7) is 3.45. The van der Waals surface area contributed by atoms with E-state index in [0.717, 1.165) is 16.0 Å². The number of hydrogen-bond acceptors (Lipinski definition) is 6. The summed E-state index contributed by atoms with van der Waals surface area (Å²) in [6, 6.07) is 16.8. The molecule has 0 atom stereocenters. The summed E-state index contributed by atoms with van der Waals surface area (Å²) in [5, 5.41) is 7.88. The topological polar surface area (TPSA) is 84.5 Å². The normalized spacial score (nSPS) is 10.4. The first-order valence-electron chi connectivity index (χ1n) is 9.62. The molecule has 1 heterocycles. The van der Waals surface area contributed by atoms with Crippen molar-refractivity contribution in [3.05, 3.63) is 65.5 Å². The predicted octanol–water partition coefficient (Wildman–Crippen LogP) is 5.28. The van der Waals surface area contributed by atoms with Crippen LogP contribution in [0.25, 0.3) is 11.1 Å². The molecule has 2 aromatic carbocycles. The van der Waals surface area contributed by atoms with Gasteiger partial charge in [0.1, 0.15) is 10.6 Å². The summed E-state index contributed by atoms with van der Waals surface area (Å²) in [6.07, 6.45) is 0. The number of nitrogens with one attached hydrogen (secondary N) is 2. The molecule has 0 saturated heterocycles. The molecule has 6 nitrogen and oxygen atoms in total. The van der Waals surface area contributed by atoms with Crippen LogP contribution in [0.4, 0.5) is 10.7 Å². The second kappa shape index (κ2) is 10.8. The highest BCUT2D eigenvalue weighted by atomic mass is 32.2. The highest BCUT2D eigenvalue weighted by Crippen LogP contribution is 2.36. The Bertz CT molecular complexity index is 1060. The van der Waals surface area contributed by atoms with Crippen molar-refractivity contribution in [2.24, 2.45) is 0 Å². The number of esters is 1. The summed E-state index contributed by atoms with van der Waals surface area (Å²) < 4.78 is 5.22. The van der Waals surface area contributed by atoms with Crippen molar-refractivity contribution in [3.8, 4) is 11.1 Å². The second-order valence-corrected chi connectivity index (χ2v) is 8.41. The van der Waals surface area contributed by atoms with E-state index in [9.17, 15) is 14.4 Å². The zero-order valence-corrected chi connectivity index (χ0v) is 18.8. The number of hydrogen-bond donors (Lipinski definition) is 2. The molecule has 0 unspecified atom stereocenters. The molecule has 2 amide bonds. The minimum atomic E-state index is -0.459. The lowest BCUT2D eigenvalue weighted by Gasteiger charge is -2.09. The van der Waals surface area contributed by atoms with Gasteiger partial charge in [-0.25, -0.2) is 4.79 Å². The maximum Gasteiger partial charge on any atom is 0.341 e. The molecule has 0 aliphatic rings. The van der Waals surface area contributed by atoms with Gasteiger partial charge >= 0.3 is 5.97 Å². The van der Waals surface area contributed by atoms with Gasteiger partial charge in [0.15, 0.2) is 0 Å². The average molecular weight is 455 g/mol. The number of thiophene rings is 1. The quantitative estimate of drug-likeness (QED) is 0.357. The first kappa shape index (κ1) is 22.6. The zero-order valence-electron chi connectivity index (χ0n) is 17.1. The van der Waals surface area contributed by atoms with Gasteiger partial charge in [0.25, 0.3) is 0 Å². The van der Waals surface area contributed by atoms with E-state index in [0.29, 0.717) is 16.3 Å². The Kier molecular flexibility index (Phi) is 7.86. The fourth-order valence-electron chi connectivity index (χ4n) is 2.84. The Morgan fingerprint density at radius 1 is 1.00 bits per heavy atom. The monoisotopic (exact) mass is 454 g/mol. The molecule has 2 N–H and O–H groups in total. The number of anilines is 2. The Hall–Kier alpha value is -3.10. The van der Waals surface area contributed by atoms with Crippen LogP contribution in [-0.2, 0) is 14.3 Å². The summed E-state index contributed by atoms with van der Waals surface area (Å²) >= 11 is 2.67. The van der Waals surface area contributed by atoms with E-state index >= 15 is 0 Å². The van der Waals surface area contributed by atoms with Crippen LogP contribution >= 0.6 is 23.1 Å². The molecule has 1 aromatic heterocycles. The SMILES string of the molecule is CCOC(=O)c1c(-c2ccccc2)csc1NC(=O)CSc1ccc(NC(C)=O)cc1. The number of benzene rings is 2. The van der Waals surface area contributed by atoms with Crippen LogP contribution in [-0.4, -0.2) is 30.1 Å². The number of rotatable bonds is 8. The largest absolute Gasteiger partial charge is 0.462 e. The second-order valence-electron chi connectivity index (χ2n) is 6.48. The molecule has 0 radical (unpaired) electrons. The maximum atomic E-state index is 12.6. The van der Waals surface area contributed by atoms with Gasteiger partial charge in [-0.05, 0) is 36.8 Å². The van der Waals surface area contributed by atoms with Crippen molar-refractivity contribution >= 4 is 51.6 Å². The van der Waals surface area contributed by atoms with Crippen LogP contribution in [0.2, 0.25) is 0 Å². The Morgan fingerprint density at radius 3 is 2.35 bits per heavy atom. The van der Waals surface area contributed by atoms with Gasteiger partial charge in [-0.3, -0.25) is 9.59 Å². The van der Waals surface area contributed by atoms with E-state index < -0.39 is 5.97 Å². The number of carbonyl (C=O) groups excluding carboxylic acids is 3. The molecule has 0 fully saturated rings. The van der Waals surface area contributed by atoms with Crippen molar-refractivity contribution in [1.82, 2.24) is 0 Å². The number of carbonyl (C=O) groups is 3. The number of ether oxygens (including phenoxy) is 1. The molecule has 0 saturated carbocycles. The molecule has 31 heavy (non-hydrogen) atoms. The molecule has 0 aliphatic heterocycles. The third-order valence-electron chi connectivity index (χ3n) is 4.15. The van der Waals surface area contributed by atoms with Gasteiger partial charge < -0.3 is 15.4 Å². The van der Waals surface area contributed by atoms with E-state index in [4.69, 9.17) is 4.74 Å². The van der Waals surface area contributed by atoms with Gasteiger partial charge in [0.2, 0.25) is 11.8 Å². The third-order valence-corrected chi connectivity index (χ3v) is 6.06. The van der Waals surface area contributed by atoms with E-state index in [1.807, 2.05) is 47.8 Å². The fraction of sp³-hybridized carbons (Fsp3) is 0.174. The van der Waals surface area contributed by atoms with Crippen molar-refractivity contribution in [1.29, 1.82) is 0 Å². The highest BCUT2D eigenvalue weighted by molar-refractivity contribution is 8.00. The number of thioether (sulfide) groups is 1. The molecule has 160 valence electrons. The predicted molar refractivity (Wildman–Crippen MR) is 126 cm³/mol. The van der Waals surface area contributed by atoms with Crippen LogP contribution in [0, 0.1) is 0 Å². The molecule has 8 heteroatoms. The van der Waals surface area contributed by atoms with Crippen LogP contribution < -0.4 is 10.6 Å². The van der Waals surface area contributed by atoms with E-state index in [1.54, 1.807) is 19.1 Å². The summed E-state index contributed by atoms with van der Waals surface area (Å²) in [5.41, 5.74) is 2.69. The van der Waals surface area contributed by atoms with Crippen LogP contribution in [0.3, 0.4) is 0 Å². The van der Waals surface area contributed by atoms with Crippen molar-refractivity contribution in [2.75, 3.05) is 23.0 Å². The van der Waals surface area contributed by atoms with E-state index in [2.05, 4.69) is 10.6 Å². The average Bonchev–Trinajstić information content (AvgIpc) is 3.17. The lowest BCUT2D eigenvalue weighted by atomic mass is 10.0. The van der Waals surface area contributed by atoms with Gasteiger partial charge in [-0.2, -0.15) is 0 Å². The van der Waals surface area contributed by atoms with Gasteiger partial charge in [-0.1, -0.05) is 30.3 Å². The molecular formula is C23H22N2O4S2. The minimum absolute atomic E-state index is 0.136. The summed E-state index contributed by atoms with van der Waals surface area (Å²) in [5.74, 6) is -0.634. The third kappa shape index (κ3) is 6.19. The lowest BCUT2D eigenvalue weighted by molar-refractivity contribution is -0.114. The van der Waals surface area contributed by atoms with Gasteiger partial charge in [0.05, 0.1) is 12.4 Å². The molecular weight excluding hydrogens is 432 g/mol. The van der Waals surface area contributed by atoms with Gasteiger partial charge in [-0.15, -0.1) is 23.1 Å². The number of amides is 2. The van der Waals surface area contributed by atoms with Gasteiger partial charge in [0, 0.05) is 28.5 Å². The van der Waals surface area contributed by atoms with Crippen LogP contribution in [0.5, 0.6) is 0 Å². The molecule has 0 aliphatic carbocycles. The first-order valence-corrected chi connectivity index (χ1v) is 11.5. The van der Waals surface area contributed by atoms with Crippen LogP contribution in [0.15, 0.2) is 64.9 Å². The minimum Gasteiger partial charge on any atom is -0.462 e. The van der Waals surface area contributed by atoms with Crippen molar-refractivity contribution < 1.29 is 19.1 Å². The van der Waals surface area contributed by atoms with Crippen LogP contribution in [0.1, 0.15) is 24.2 Å². The maximum absolute atomic E-state index is 12.6. The smallest absolute Gasteiger partial charge is 0.341 e. The standard InChI is InChI=1S/C23H22N2O4S2/c1-3-29-23(28)21-19(16-7-5-4-6-8-16)13-31-22(21)25-20(27)14-30-18-11-9-17(10-12-18)24-15(2)26/h4-13H,3,14H2,1-2H3,(H,24,26)(H,25,27). The lowest BCUT2D eigenvalue weighted by Crippen LogP contribution is -2.16. The Morgan fingerprint density at radius 2 is 1.71 bits per heavy atom. The molecule has 0 spiro atoms. The van der Waals surface area contributed by atoms with Crippen molar-refractivity contribution in [3.63, 3.8) is 0 Å². The summed E-state index contributed by atoms with van der Waals surface area (Å²) in [7, 11) is 0. The highest BCUT2D eigenvalue weighted by Gasteiger charge is 2.22. The Balaban J connectivity index is 1.70. The van der Waals surface area contributed by atoms with Crippen molar-refractivity contribution in [2.45, 2.75) is 18.7 Å².